The van der Waals surface area contributed by atoms with Crippen LogP contribution in [-0.4, -0.2) is 46.9 Å². The molecule has 4 aliphatic rings. The van der Waals surface area contributed by atoms with Crippen molar-refractivity contribution in [2.45, 2.75) is 69.9 Å². The number of hydrogen-bond donors (Lipinski definition) is 3. The van der Waals surface area contributed by atoms with Crippen LogP contribution in [0.2, 0.25) is 0 Å². The molecule has 2 aromatic carbocycles. The highest BCUT2D eigenvalue weighted by Crippen LogP contribution is 2.29. The van der Waals surface area contributed by atoms with Crippen molar-refractivity contribution in [2.75, 3.05) is 13.1 Å². The van der Waals surface area contributed by atoms with Gasteiger partial charge in [-0.05, 0) is 35.7 Å². The number of phenolic OH excluding ortho intramolecular Hbond substituents is 1. The summed E-state index contributed by atoms with van der Waals surface area (Å²) in [6.45, 7) is 2.60. The maximum absolute atomic E-state index is 12.2. The quantitative estimate of drug-likeness (QED) is 0.571. The van der Waals surface area contributed by atoms with Gasteiger partial charge in [0.15, 0.2) is 0 Å². The minimum absolute atomic E-state index is 0.0941. The zero-order valence-electron chi connectivity index (χ0n) is 20.2. The summed E-state index contributed by atoms with van der Waals surface area (Å²) in [7, 11) is 0. The van der Waals surface area contributed by atoms with Gasteiger partial charge >= 0.3 is 0 Å². The summed E-state index contributed by atoms with van der Waals surface area (Å²) in [5.74, 6) is -0.0907. The summed E-state index contributed by atoms with van der Waals surface area (Å²) in [5.41, 5.74) is 2.68. The van der Waals surface area contributed by atoms with Gasteiger partial charge in [0.05, 0.1) is 0 Å². The van der Waals surface area contributed by atoms with Crippen molar-refractivity contribution >= 4 is 17.7 Å². The number of fused-ring (bicyclic) bond motifs is 1. The second-order valence-corrected chi connectivity index (χ2v) is 9.63. The number of phenols is 1. The van der Waals surface area contributed by atoms with Gasteiger partial charge in [-0.3, -0.25) is 19.7 Å². The molecule has 1 saturated carbocycles. The van der Waals surface area contributed by atoms with E-state index < -0.39 is 11.9 Å². The van der Waals surface area contributed by atoms with Crippen molar-refractivity contribution in [1.82, 2.24) is 15.5 Å². The number of nitrogens with one attached hydrogen (secondary N) is 2. The zero-order valence-corrected chi connectivity index (χ0v) is 20.2. The monoisotopic (exact) mass is 477 g/mol. The summed E-state index contributed by atoms with van der Waals surface area (Å²) in [6, 6.07) is 14.6. The summed E-state index contributed by atoms with van der Waals surface area (Å²) in [4.78, 5) is 36.6. The van der Waals surface area contributed by atoms with Crippen LogP contribution in [0.1, 0.15) is 78.8 Å². The molecule has 6 rings (SSSR count). The first kappa shape index (κ1) is 24.9. The molecule has 186 valence electrons. The van der Waals surface area contributed by atoms with Crippen molar-refractivity contribution in [3.63, 3.8) is 0 Å². The third-order valence-electron chi connectivity index (χ3n) is 7.06. The molecule has 3 N–H and O–H groups in total. The van der Waals surface area contributed by atoms with E-state index in [1.807, 2.05) is 0 Å². The SMILES string of the molecule is C1CCCCC1.O=C1CCC(N2Cc3cc(O)ccc3C2=O)C(=O)N1.c1ccc(C2CNC2)cc1. The first-order valence-corrected chi connectivity index (χ1v) is 12.7. The van der Waals surface area contributed by atoms with Gasteiger partial charge in [-0.2, -0.15) is 0 Å². The third kappa shape index (κ3) is 6.48. The Hall–Kier alpha value is -3.19. The van der Waals surface area contributed by atoms with Gasteiger partial charge in [0.25, 0.3) is 5.91 Å². The summed E-state index contributed by atoms with van der Waals surface area (Å²) in [5, 5.41) is 14.9. The predicted molar refractivity (Wildman–Crippen MR) is 134 cm³/mol. The topological polar surface area (TPSA) is 98.7 Å². The largest absolute Gasteiger partial charge is 0.508 e. The molecule has 35 heavy (non-hydrogen) atoms. The molecule has 1 unspecified atom stereocenters. The van der Waals surface area contributed by atoms with E-state index in [9.17, 15) is 19.5 Å². The maximum atomic E-state index is 12.2. The third-order valence-corrected chi connectivity index (χ3v) is 7.06. The number of amides is 3. The first-order valence-electron chi connectivity index (χ1n) is 12.7. The average molecular weight is 478 g/mol. The number of carbonyl (C=O) groups excluding carboxylic acids is 3. The molecule has 1 atom stereocenters. The van der Waals surface area contributed by atoms with Crippen LogP contribution in [0.25, 0.3) is 0 Å². The molecule has 7 heteroatoms. The van der Waals surface area contributed by atoms with E-state index in [1.54, 1.807) is 6.07 Å². The Morgan fingerprint density at radius 3 is 2.09 bits per heavy atom. The Balaban J connectivity index is 0.000000149. The van der Waals surface area contributed by atoms with Crippen LogP contribution < -0.4 is 10.6 Å². The van der Waals surface area contributed by atoms with Crippen molar-refractivity contribution < 1.29 is 19.5 Å². The molecule has 2 aromatic rings. The van der Waals surface area contributed by atoms with Crippen LogP contribution >= 0.6 is 0 Å². The highest BCUT2D eigenvalue weighted by molar-refractivity contribution is 6.05. The molecule has 1 aliphatic carbocycles. The van der Waals surface area contributed by atoms with Gasteiger partial charge in [0.1, 0.15) is 11.8 Å². The number of imide groups is 1. The molecule has 3 amide bonds. The van der Waals surface area contributed by atoms with Gasteiger partial charge in [0.2, 0.25) is 11.8 Å². The van der Waals surface area contributed by atoms with Crippen molar-refractivity contribution in [3.8, 4) is 5.75 Å². The second-order valence-electron chi connectivity index (χ2n) is 9.63. The maximum Gasteiger partial charge on any atom is 0.255 e. The van der Waals surface area contributed by atoms with E-state index >= 15 is 0 Å². The molecule has 0 radical (unpaired) electrons. The summed E-state index contributed by atoms with van der Waals surface area (Å²) < 4.78 is 0. The molecule has 0 aromatic heterocycles. The smallest absolute Gasteiger partial charge is 0.255 e. The van der Waals surface area contributed by atoms with Crippen LogP contribution in [0.3, 0.4) is 0 Å². The van der Waals surface area contributed by atoms with Crippen molar-refractivity contribution in [2.24, 2.45) is 0 Å². The van der Waals surface area contributed by atoms with Crippen LogP contribution in [0, 0.1) is 0 Å². The lowest BCUT2D eigenvalue weighted by Gasteiger charge is -2.29. The van der Waals surface area contributed by atoms with Crippen LogP contribution in [-0.2, 0) is 16.1 Å². The number of benzene rings is 2. The molecule has 2 saturated heterocycles. The van der Waals surface area contributed by atoms with Crippen LogP contribution in [0.5, 0.6) is 5.75 Å². The number of hydrogen-bond acceptors (Lipinski definition) is 5. The van der Waals surface area contributed by atoms with E-state index in [1.165, 1.54) is 61.1 Å². The summed E-state index contributed by atoms with van der Waals surface area (Å²) >= 11 is 0. The van der Waals surface area contributed by atoms with Gasteiger partial charge in [0, 0.05) is 37.5 Å². The van der Waals surface area contributed by atoms with E-state index in [0.717, 1.165) is 19.0 Å². The fourth-order valence-corrected chi connectivity index (χ4v) is 4.87. The Kier molecular flexibility index (Phi) is 8.53. The normalized spacial score (nSPS) is 21.5. The highest BCUT2D eigenvalue weighted by atomic mass is 16.3. The Morgan fingerprint density at radius 1 is 0.857 bits per heavy atom. The van der Waals surface area contributed by atoms with Gasteiger partial charge in [-0.1, -0.05) is 68.9 Å². The van der Waals surface area contributed by atoms with Gasteiger partial charge < -0.3 is 15.3 Å². The van der Waals surface area contributed by atoms with E-state index in [0.29, 0.717) is 17.5 Å². The predicted octanol–water partition coefficient (Wildman–Crippen LogP) is 3.87. The average Bonchev–Trinajstić information content (AvgIpc) is 3.16. The molecule has 0 bridgehead atoms. The second kappa shape index (κ2) is 12.0. The van der Waals surface area contributed by atoms with Crippen molar-refractivity contribution in [3.05, 3.63) is 65.2 Å². The van der Waals surface area contributed by atoms with Crippen LogP contribution in [0.15, 0.2) is 48.5 Å². The Bertz CT molecular complexity index is 1020. The Labute approximate surface area is 206 Å². The lowest BCUT2D eigenvalue weighted by Crippen LogP contribution is -2.52. The van der Waals surface area contributed by atoms with E-state index in [4.69, 9.17) is 0 Å². The summed E-state index contributed by atoms with van der Waals surface area (Å²) in [6.07, 6.45) is 9.58. The van der Waals surface area contributed by atoms with Crippen LogP contribution in [0.4, 0.5) is 0 Å². The molecular formula is C28H35N3O4. The van der Waals surface area contributed by atoms with E-state index in [2.05, 4.69) is 41.0 Å². The molecule has 3 fully saturated rings. The molecule has 3 aliphatic heterocycles. The lowest BCUT2D eigenvalue weighted by atomic mass is 9.94. The number of nitrogens with zero attached hydrogens (tertiary/aromatic N) is 1. The minimum Gasteiger partial charge on any atom is -0.508 e. The van der Waals surface area contributed by atoms with Crippen molar-refractivity contribution in [1.29, 1.82) is 0 Å². The molecule has 3 heterocycles. The highest BCUT2D eigenvalue weighted by Gasteiger charge is 2.39. The number of aromatic hydroxyl groups is 1. The minimum atomic E-state index is -0.611. The zero-order chi connectivity index (χ0) is 24.6. The number of piperidine rings is 1. The Morgan fingerprint density at radius 2 is 1.51 bits per heavy atom. The molecule has 0 spiro atoms. The first-order chi connectivity index (χ1) is 17.0. The van der Waals surface area contributed by atoms with Gasteiger partial charge in [-0.25, -0.2) is 0 Å². The number of rotatable bonds is 2. The van der Waals surface area contributed by atoms with Gasteiger partial charge in [-0.15, -0.1) is 0 Å². The van der Waals surface area contributed by atoms with E-state index in [-0.39, 0.29) is 30.5 Å². The fourth-order valence-electron chi connectivity index (χ4n) is 4.87. The number of carbonyl (C=O) groups is 3. The lowest BCUT2D eigenvalue weighted by molar-refractivity contribution is -0.136. The standard InChI is InChI=1S/C13H12N2O4.C9H11N.C6H12/c16-8-1-2-9-7(5-8)6-15(13(9)19)10-3-4-11(17)14-12(10)18;1-2-4-8(5-3-1)9-6-10-7-9;1-2-4-6-5-3-1/h1-2,5,10,16H,3-4,6H2,(H,14,17,18);1-5,9-10H,6-7H2;1-6H2. The molecular weight excluding hydrogens is 442 g/mol. The molecule has 7 nitrogen and oxygen atoms in total. The fraction of sp³-hybridized carbons (Fsp3) is 0.464.